The fraction of sp³-hybridized carbons (Fsp3) is 0.172. The van der Waals surface area contributed by atoms with E-state index >= 15 is 0 Å². The molecule has 0 radical (unpaired) electrons. The zero-order valence-electron chi connectivity index (χ0n) is 19.9. The predicted molar refractivity (Wildman–Crippen MR) is 146 cm³/mol. The number of nitrogens with one attached hydrogen (secondary N) is 1. The molecule has 36 heavy (non-hydrogen) atoms. The van der Waals surface area contributed by atoms with E-state index in [0.717, 1.165) is 22.4 Å². The first-order valence-electron chi connectivity index (χ1n) is 11.4. The van der Waals surface area contributed by atoms with Crippen LogP contribution in [0, 0.1) is 6.92 Å². The number of dihydropyridines is 1. The first-order chi connectivity index (χ1) is 17.3. The van der Waals surface area contributed by atoms with Crippen LogP contribution >= 0.6 is 31.9 Å². The molecule has 0 aromatic heterocycles. The Bertz CT molecular complexity index is 1450. The number of carbonyl (C=O) groups excluding carboxylic acids is 2. The lowest BCUT2D eigenvalue weighted by Crippen LogP contribution is -2.29. The van der Waals surface area contributed by atoms with Crippen molar-refractivity contribution in [2.75, 3.05) is 7.11 Å². The molecule has 0 saturated heterocycles. The van der Waals surface area contributed by atoms with Gasteiger partial charge in [0.05, 0.1) is 27.3 Å². The minimum absolute atomic E-state index is 0.0982. The van der Waals surface area contributed by atoms with Gasteiger partial charge in [0.1, 0.15) is 12.4 Å². The predicted octanol–water partition coefficient (Wildman–Crippen LogP) is 6.84. The van der Waals surface area contributed by atoms with Crippen LogP contribution in [0.25, 0.3) is 5.70 Å². The van der Waals surface area contributed by atoms with Crippen molar-refractivity contribution in [3.05, 3.63) is 114 Å². The highest BCUT2D eigenvalue weighted by molar-refractivity contribution is 9.11. The third kappa shape index (κ3) is 4.20. The van der Waals surface area contributed by atoms with Crippen LogP contribution in [0.2, 0.25) is 0 Å². The summed E-state index contributed by atoms with van der Waals surface area (Å²) in [6, 6.07) is 19.5. The zero-order chi connectivity index (χ0) is 25.6. The van der Waals surface area contributed by atoms with Gasteiger partial charge < -0.3 is 14.8 Å². The number of aryl methyl sites for hydroxylation is 1. The Morgan fingerprint density at radius 1 is 0.972 bits per heavy atom. The first-order valence-corrected chi connectivity index (χ1v) is 13.0. The quantitative estimate of drug-likeness (QED) is 0.321. The number of methoxy groups -OCH3 is 1. The van der Waals surface area contributed by atoms with Crippen molar-refractivity contribution in [2.24, 2.45) is 0 Å². The van der Waals surface area contributed by atoms with Gasteiger partial charge in [-0.3, -0.25) is 4.79 Å². The minimum atomic E-state index is -0.604. The molecule has 1 atom stereocenters. The summed E-state index contributed by atoms with van der Waals surface area (Å²) in [6.45, 7) is 4.28. The fourth-order valence-electron chi connectivity index (χ4n) is 4.77. The summed E-state index contributed by atoms with van der Waals surface area (Å²) in [5, 5.41) is 3.30. The summed E-state index contributed by atoms with van der Waals surface area (Å²) in [5.74, 6) is -0.539. The summed E-state index contributed by atoms with van der Waals surface area (Å²) in [5.41, 5.74) is 6.80. The van der Waals surface area contributed by atoms with E-state index in [-0.39, 0.29) is 5.78 Å². The maximum absolute atomic E-state index is 13.6. The Morgan fingerprint density at radius 3 is 2.25 bits per heavy atom. The van der Waals surface area contributed by atoms with Crippen LogP contribution in [0.15, 0.2) is 86.5 Å². The number of ketones is 1. The van der Waals surface area contributed by atoms with Gasteiger partial charge in [-0.1, -0.05) is 54.1 Å². The van der Waals surface area contributed by atoms with Gasteiger partial charge in [0, 0.05) is 28.3 Å². The SMILES string of the molecule is COC(=O)C1=C(C)NC2=C(C(=O)c3ccccc32)[C@H]1c1cc(Br)c(OCc2ccc(C)cc2)c(Br)c1. The first kappa shape index (κ1) is 24.5. The number of hydrogen-bond acceptors (Lipinski definition) is 5. The highest BCUT2D eigenvalue weighted by Crippen LogP contribution is 2.48. The lowest BCUT2D eigenvalue weighted by molar-refractivity contribution is -0.136. The summed E-state index contributed by atoms with van der Waals surface area (Å²) < 4.78 is 12.7. The number of halogens is 2. The van der Waals surface area contributed by atoms with E-state index < -0.39 is 11.9 Å². The second-order valence-corrected chi connectivity index (χ2v) is 10.5. The number of benzene rings is 3. The lowest BCUT2D eigenvalue weighted by Gasteiger charge is -2.29. The number of hydrogen-bond donors (Lipinski definition) is 1. The van der Waals surface area contributed by atoms with Crippen LogP contribution in [-0.2, 0) is 16.1 Å². The minimum Gasteiger partial charge on any atom is -0.487 e. The van der Waals surface area contributed by atoms with Crippen LogP contribution in [0.1, 0.15) is 45.5 Å². The summed E-state index contributed by atoms with van der Waals surface area (Å²) in [6.07, 6.45) is 0. The summed E-state index contributed by atoms with van der Waals surface area (Å²) >= 11 is 7.30. The number of Topliss-reactive ketones (excluding diaryl/α,β-unsaturated/α-hetero) is 1. The summed E-state index contributed by atoms with van der Waals surface area (Å²) in [4.78, 5) is 26.5. The molecule has 3 aromatic carbocycles. The molecule has 5 nitrogen and oxygen atoms in total. The second-order valence-electron chi connectivity index (χ2n) is 8.84. The molecule has 0 saturated carbocycles. The largest absolute Gasteiger partial charge is 0.487 e. The number of allylic oxidation sites excluding steroid dienone is 2. The molecule has 0 bridgehead atoms. The van der Waals surface area contributed by atoms with Crippen molar-refractivity contribution in [3.63, 3.8) is 0 Å². The van der Waals surface area contributed by atoms with Gasteiger partial charge in [-0.2, -0.15) is 0 Å². The molecule has 0 unspecified atom stereocenters. The van der Waals surface area contributed by atoms with Crippen molar-refractivity contribution < 1.29 is 19.1 Å². The number of carbonyl (C=O) groups is 2. The van der Waals surface area contributed by atoms with Gasteiger partial charge >= 0.3 is 5.97 Å². The lowest BCUT2D eigenvalue weighted by atomic mass is 9.80. The average Bonchev–Trinajstić information content (AvgIpc) is 3.14. The Morgan fingerprint density at radius 2 is 1.61 bits per heavy atom. The molecule has 1 aliphatic heterocycles. The van der Waals surface area contributed by atoms with E-state index in [0.29, 0.717) is 43.7 Å². The molecular formula is C29H23Br2NO4. The number of rotatable bonds is 5. The smallest absolute Gasteiger partial charge is 0.336 e. The summed E-state index contributed by atoms with van der Waals surface area (Å²) in [7, 11) is 1.35. The van der Waals surface area contributed by atoms with Crippen molar-refractivity contribution in [3.8, 4) is 5.75 Å². The highest BCUT2D eigenvalue weighted by atomic mass is 79.9. The van der Waals surface area contributed by atoms with Crippen LogP contribution in [0.5, 0.6) is 5.75 Å². The number of fused-ring (bicyclic) bond motifs is 2. The monoisotopic (exact) mass is 607 g/mol. The Hall–Kier alpha value is -3.16. The van der Waals surface area contributed by atoms with E-state index in [1.54, 1.807) is 0 Å². The fourth-order valence-corrected chi connectivity index (χ4v) is 6.22. The van der Waals surface area contributed by atoms with Crippen LogP contribution in [-0.4, -0.2) is 18.9 Å². The molecule has 3 aromatic rings. The van der Waals surface area contributed by atoms with Crippen molar-refractivity contribution >= 4 is 49.3 Å². The molecule has 182 valence electrons. The van der Waals surface area contributed by atoms with Crippen molar-refractivity contribution in [1.29, 1.82) is 0 Å². The molecule has 0 amide bonds. The standard InChI is InChI=1S/C29H23Br2NO4/c1-15-8-10-17(11-9-15)14-36-28-21(30)12-18(13-22(28)31)24-23(29(34)35-3)16(2)32-26-19-6-4-5-7-20(19)27(33)25(24)26/h4-13,24,32H,14H2,1-3H3/t24-/m0/s1. The van der Waals surface area contributed by atoms with Crippen LogP contribution in [0.4, 0.5) is 0 Å². The normalized spacial score (nSPS) is 16.5. The van der Waals surface area contributed by atoms with Gasteiger partial charge in [0.15, 0.2) is 5.78 Å². The van der Waals surface area contributed by atoms with Crippen molar-refractivity contribution in [1.82, 2.24) is 5.32 Å². The van der Waals surface area contributed by atoms with Crippen LogP contribution in [0.3, 0.4) is 0 Å². The third-order valence-corrected chi connectivity index (χ3v) is 7.69. The van der Waals surface area contributed by atoms with Crippen LogP contribution < -0.4 is 10.1 Å². The van der Waals surface area contributed by atoms with Gasteiger partial charge in [0.2, 0.25) is 0 Å². The average molecular weight is 609 g/mol. The van der Waals surface area contributed by atoms with E-state index in [2.05, 4.69) is 37.2 Å². The topological polar surface area (TPSA) is 64.6 Å². The highest BCUT2D eigenvalue weighted by Gasteiger charge is 2.43. The van der Waals surface area contributed by atoms with Crippen molar-refractivity contribution in [2.45, 2.75) is 26.4 Å². The molecule has 0 fully saturated rings. The van der Waals surface area contributed by atoms with E-state index in [1.165, 1.54) is 12.7 Å². The second kappa shape index (κ2) is 9.71. The zero-order valence-corrected chi connectivity index (χ0v) is 23.1. The number of esters is 1. The molecule has 2 aliphatic rings. The van der Waals surface area contributed by atoms with Gasteiger partial charge in [-0.05, 0) is 69.0 Å². The van der Waals surface area contributed by atoms with Gasteiger partial charge in [0.25, 0.3) is 0 Å². The molecule has 7 heteroatoms. The molecule has 1 N–H and O–H groups in total. The van der Waals surface area contributed by atoms with Gasteiger partial charge in [-0.15, -0.1) is 0 Å². The maximum atomic E-state index is 13.6. The molecule has 5 rings (SSSR count). The van der Waals surface area contributed by atoms with E-state index in [4.69, 9.17) is 9.47 Å². The molecule has 1 heterocycles. The van der Waals surface area contributed by atoms with E-state index in [9.17, 15) is 9.59 Å². The maximum Gasteiger partial charge on any atom is 0.336 e. The van der Waals surface area contributed by atoms with Gasteiger partial charge in [-0.25, -0.2) is 4.79 Å². The third-order valence-electron chi connectivity index (χ3n) is 6.51. The molecule has 1 aliphatic carbocycles. The Balaban J connectivity index is 1.57. The molecule has 0 spiro atoms. The Labute approximate surface area is 226 Å². The molecular weight excluding hydrogens is 586 g/mol. The van der Waals surface area contributed by atoms with E-state index in [1.807, 2.05) is 74.5 Å². The number of ether oxygens (including phenoxy) is 2. The Kier molecular flexibility index (Phi) is 6.62.